The molecule has 6 heteroatoms. The lowest BCUT2D eigenvalue weighted by Gasteiger charge is -2.44. The van der Waals surface area contributed by atoms with Crippen LogP contribution in [0, 0.1) is 0 Å². The van der Waals surface area contributed by atoms with Gasteiger partial charge in [0.1, 0.15) is 5.60 Å². The molecule has 0 radical (unpaired) electrons. The monoisotopic (exact) mass is 390 g/mol. The maximum atomic E-state index is 12.5. The van der Waals surface area contributed by atoms with Crippen molar-refractivity contribution in [2.75, 3.05) is 13.1 Å². The molecule has 1 aromatic rings. The van der Waals surface area contributed by atoms with Gasteiger partial charge in [0, 0.05) is 31.7 Å². The molecule has 0 unspecified atom stereocenters. The summed E-state index contributed by atoms with van der Waals surface area (Å²) in [5, 5.41) is 9.37. The maximum absolute atomic E-state index is 12.5. The number of carbonyl (C=O) groups excluding carboxylic acids is 1. The van der Waals surface area contributed by atoms with E-state index in [9.17, 15) is 14.7 Å². The normalized spacial score (nSPS) is 21.5. The van der Waals surface area contributed by atoms with Gasteiger partial charge in [0.25, 0.3) is 0 Å². The number of hydrogen-bond donors (Lipinski definition) is 1. The molecule has 2 rings (SSSR count). The largest absolute Gasteiger partial charge is 0.481 e. The van der Waals surface area contributed by atoms with E-state index < -0.39 is 17.0 Å². The van der Waals surface area contributed by atoms with Crippen LogP contribution in [0.1, 0.15) is 59.6 Å². The number of benzene rings is 1. The van der Waals surface area contributed by atoms with E-state index in [0.29, 0.717) is 0 Å². The average molecular weight is 391 g/mol. The Balaban J connectivity index is 2.02. The van der Waals surface area contributed by atoms with Crippen molar-refractivity contribution in [3.05, 3.63) is 35.4 Å². The molecule has 1 aromatic carbocycles. The molecule has 1 heterocycles. The summed E-state index contributed by atoms with van der Waals surface area (Å²) in [4.78, 5) is 28.1. The van der Waals surface area contributed by atoms with Gasteiger partial charge in [-0.25, -0.2) is 4.79 Å². The highest BCUT2D eigenvalue weighted by molar-refractivity contribution is 5.80. The fourth-order valence-corrected chi connectivity index (χ4v) is 3.64. The van der Waals surface area contributed by atoms with E-state index in [1.54, 1.807) is 13.8 Å². The molecule has 0 spiro atoms. The number of hydrogen-bond acceptors (Lipinski definition) is 4. The fraction of sp³-hybridized carbons (Fsp3) is 0.636. The van der Waals surface area contributed by atoms with Gasteiger partial charge in [-0.2, -0.15) is 0 Å². The Morgan fingerprint density at radius 1 is 1.04 bits per heavy atom. The van der Waals surface area contributed by atoms with Crippen LogP contribution in [0.5, 0.6) is 0 Å². The van der Waals surface area contributed by atoms with Gasteiger partial charge in [0.05, 0.1) is 5.41 Å². The number of ether oxygens (including phenoxy) is 1. The topological polar surface area (TPSA) is 70.1 Å². The molecule has 0 aromatic heterocycles. The highest BCUT2D eigenvalue weighted by Crippen LogP contribution is 2.25. The van der Waals surface area contributed by atoms with Crippen molar-refractivity contribution < 1.29 is 19.4 Å². The first-order valence-electron chi connectivity index (χ1n) is 9.87. The van der Waals surface area contributed by atoms with Gasteiger partial charge in [-0.1, -0.05) is 24.3 Å². The number of amides is 1. The van der Waals surface area contributed by atoms with Crippen LogP contribution in [0.3, 0.4) is 0 Å². The zero-order valence-corrected chi connectivity index (χ0v) is 18.2. The summed E-state index contributed by atoms with van der Waals surface area (Å²) in [6.45, 7) is 15.5. The van der Waals surface area contributed by atoms with E-state index in [2.05, 4.69) is 4.90 Å². The van der Waals surface area contributed by atoms with E-state index in [4.69, 9.17) is 4.74 Å². The van der Waals surface area contributed by atoms with E-state index in [1.165, 1.54) is 0 Å². The smallest absolute Gasteiger partial charge is 0.410 e. The molecular formula is C22H34N2O4. The molecule has 6 nitrogen and oxygen atoms in total. The zero-order valence-electron chi connectivity index (χ0n) is 18.2. The van der Waals surface area contributed by atoms with Gasteiger partial charge in [0.2, 0.25) is 0 Å². The molecule has 1 saturated heterocycles. The quantitative estimate of drug-likeness (QED) is 0.845. The SMILES string of the molecule is C[C@@H]1CN(Cc2ccc(C(C)(C)C(=O)O)cc2)C[C@H](C)N1C(=O)OC(C)(C)C. The molecule has 0 bridgehead atoms. The van der Waals surface area contributed by atoms with Gasteiger partial charge in [-0.05, 0) is 59.6 Å². The number of carboxylic acid groups (broad SMARTS) is 1. The summed E-state index contributed by atoms with van der Waals surface area (Å²) >= 11 is 0. The summed E-state index contributed by atoms with van der Waals surface area (Å²) in [5.74, 6) is -0.832. The first-order chi connectivity index (χ1) is 12.8. The summed E-state index contributed by atoms with van der Waals surface area (Å²) in [7, 11) is 0. The van der Waals surface area contributed by atoms with Crippen LogP contribution in [-0.2, 0) is 21.5 Å². The minimum atomic E-state index is -0.902. The molecule has 1 fully saturated rings. The number of rotatable bonds is 4. The van der Waals surface area contributed by atoms with Gasteiger partial charge in [0.15, 0.2) is 0 Å². The molecule has 1 aliphatic heterocycles. The highest BCUT2D eigenvalue weighted by Gasteiger charge is 2.35. The van der Waals surface area contributed by atoms with Crippen molar-refractivity contribution >= 4 is 12.1 Å². The van der Waals surface area contributed by atoms with Crippen LogP contribution in [0.15, 0.2) is 24.3 Å². The summed E-state index contributed by atoms with van der Waals surface area (Å²) in [5.41, 5.74) is 0.523. The van der Waals surface area contributed by atoms with Crippen molar-refractivity contribution in [1.29, 1.82) is 0 Å². The number of carboxylic acids is 1. The third-order valence-corrected chi connectivity index (χ3v) is 5.22. The van der Waals surface area contributed by atoms with Gasteiger partial charge in [-0.3, -0.25) is 9.69 Å². The van der Waals surface area contributed by atoms with Crippen molar-refractivity contribution in [3.8, 4) is 0 Å². The molecule has 1 N–H and O–H groups in total. The molecule has 1 amide bonds. The Hall–Kier alpha value is -2.08. The van der Waals surface area contributed by atoms with Crippen molar-refractivity contribution in [1.82, 2.24) is 9.80 Å². The maximum Gasteiger partial charge on any atom is 0.410 e. The van der Waals surface area contributed by atoms with E-state index in [-0.39, 0.29) is 18.2 Å². The molecular weight excluding hydrogens is 356 g/mol. The van der Waals surface area contributed by atoms with E-state index in [1.807, 2.05) is 63.8 Å². The summed E-state index contributed by atoms with van der Waals surface area (Å²) in [6, 6.07) is 7.90. The molecule has 0 saturated carbocycles. The van der Waals surface area contributed by atoms with Crippen molar-refractivity contribution in [3.63, 3.8) is 0 Å². The second kappa shape index (κ2) is 8.11. The Labute approximate surface area is 168 Å². The Kier molecular flexibility index (Phi) is 6.44. The fourth-order valence-electron chi connectivity index (χ4n) is 3.64. The highest BCUT2D eigenvalue weighted by atomic mass is 16.6. The molecule has 1 aliphatic rings. The molecule has 28 heavy (non-hydrogen) atoms. The number of aliphatic carboxylic acids is 1. The van der Waals surface area contributed by atoms with Crippen LogP contribution >= 0.6 is 0 Å². The molecule has 0 aliphatic carbocycles. The van der Waals surface area contributed by atoms with E-state index in [0.717, 1.165) is 30.8 Å². The van der Waals surface area contributed by atoms with Crippen molar-refractivity contribution in [2.45, 2.75) is 78.1 Å². The van der Waals surface area contributed by atoms with Gasteiger partial charge < -0.3 is 14.7 Å². The summed E-state index contributed by atoms with van der Waals surface area (Å²) < 4.78 is 5.56. The third kappa shape index (κ3) is 5.25. The Morgan fingerprint density at radius 3 is 1.96 bits per heavy atom. The standard InChI is InChI=1S/C22H34N2O4/c1-15-12-23(13-16(2)24(15)20(27)28-21(3,4)5)14-17-8-10-18(11-9-17)22(6,7)19(25)26/h8-11,15-16H,12-14H2,1-7H3,(H,25,26)/t15-,16+. The third-order valence-electron chi connectivity index (χ3n) is 5.22. The first-order valence-corrected chi connectivity index (χ1v) is 9.87. The number of piperazine rings is 1. The number of carbonyl (C=O) groups is 2. The van der Waals surface area contributed by atoms with Crippen LogP contribution in [0.2, 0.25) is 0 Å². The van der Waals surface area contributed by atoms with Gasteiger partial charge in [-0.15, -0.1) is 0 Å². The van der Waals surface area contributed by atoms with Crippen LogP contribution < -0.4 is 0 Å². The lowest BCUT2D eigenvalue weighted by molar-refractivity contribution is -0.142. The molecule has 156 valence electrons. The zero-order chi connectivity index (χ0) is 21.3. The predicted octanol–water partition coefficient (Wildman–Crippen LogP) is 3.88. The minimum absolute atomic E-state index is 0.0591. The van der Waals surface area contributed by atoms with E-state index >= 15 is 0 Å². The van der Waals surface area contributed by atoms with Crippen LogP contribution in [0.25, 0.3) is 0 Å². The van der Waals surface area contributed by atoms with Crippen LogP contribution in [0.4, 0.5) is 4.79 Å². The van der Waals surface area contributed by atoms with Gasteiger partial charge >= 0.3 is 12.1 Å². The second-order valence-corrected chi connectivity index (χ2v) is 9.41. The predicted molar refractivity (Wildman–Crippen MR) is 109 cm³/mol. The van der Waals surface area contributed by atoms with Crippen LogP contribution in [-0.4, -0.2) is 57.7 Å². The Bertz CT molecular complexity index is 694. The lowest BCUT2D eigenvalue weighted by Crippen LogP contribution is -2.59. The second-order valence-electron chi connectivity index (χ2n) is 9.41. The number of nitrogens with zero attached hydrogens (tertiary/aromatic N) is 2. The summed E-state index contributed by atoms with van der Waals surface area (Å²) in [6.07, 6.45) is -0.257. The lowest BCUT2D eigenvalue weighted by atomic mass is 9.84. The Morgan fingerprint density at radius 2 is 1.54 bits per heavy atom. The molecule has 2 atom stereocenters. The van der Waals surface area contributed by atoms with Crippen molar-refractivity contribution in [2.24, 2.45) is 0 Å². The first kappa shape index (κ1) is 22.2. The minimum Gasteiger partial charge on any atom is -0.481 e. The average Bonchev–Trinajstić information content (AvgIpc) is 2.52.